The van der Waals surface area contributed by atoms with Gasteiger partial charge >= 0.3 is 0 Å². The summed E-state index contributed by atoms with van der Waals surface area (Å²) >= 11 is 0. The molecule has 0 saturated heterocycles. The highest BCUT2D eigenvalue weighted by molar-refractivity contribution is 5.87. The molecule has 2 aromatic rings. The molecule has 0 aliphatic rings. The first-order valence-corrected chi connectivity index (χ1v) is 5.37. The van der Waals surface area contributed by atoms with E-state index in [1.54, 1.807) is 7.11 Å². The zero-order valence-electron chi connectivity index (χ0n) is 9.95. The van der Waals surface area contributed by atoms with Crippen molar-refractivity contribution in [3.63, 3.8) is 0 Å². The predicted molar refractivity (Wildman–Crippen MR) is 64.9 cm³/mol. The summed E-state index contributed by atoms with van der Waals surface area (Å²) in [6.45, 7) is 0.995. The number of aromatic amines is 1. The molecule has 0 amide bonds. The third-order valence-electron chi connectivity index (χ3n) is 2.65. The van der Waals surface area contributed by atoms with Crippen molar-refractivity contribution in [1.82, 2.24) is 15.1 Å². The first-order chi connectivity index (χ1) is 7.72. The quantitative estimate of drug-likeness (QED) is 0.850. The number of nitrogens with zero attached hydrogens (tertiary/aromatic N) is 2. The van der Waals surface area contributed by atoms with Crippen molar-refractivity contribution < 1.29 is 4.74 Å². The lowest BCUT2D eigenvalue weighted by molar-refractivity contribution is 0.409. The Morgan fingerprint density at radius 1 is 1.38 bits per heavy atom. The van der Waals surface area contributed by atoms with Crippen LogP contribution < -0.4 is 4.74 Å². The van der Waals surface area contributed by atoms with E-state index in [2.05, 4.69) is 29.2 Å². The number of benzene rings is 1. The van der Waals surface area contributed by atoms with Crippen molar-refractivity contribution in [2.24, 2.45) is 0 Å². The molecule has 86 valence electrons. The van der Waals surface area contributed by atoms with E-state index in [0.717, 1.165) is 35.3 Å². The maximum absolute atomic E-state index is 5.36. The highest BCUT2D eigenvalue weighted by atomic mass is 16.5. The Bertz CT molecular complexity index is 476. The molecule has 2 rings (SSSR count). The summed E-state index contributed by atoms with van der Waals surface area (Å²) in [5.74, 6) is 0.889. The lowest BCUT2D eigenvalue weighted by Gasteiger charge is -2.08. The maximum atomic E-state index is 5.36. The summed E-state index contributed by atoms with van der Waals surface area (Å²) in [5, 5.41) is 8.47. The monoisotopic (exact) mass is 219 g/mol. The molecular weight excluding hydrogens is 202 g/mol. The molecule has 0 aliphatic heterocycles. The van der Waals surface area contributed by atoms with Gasteiger partial charge in [0.25, 0.3) is 0 Å². The van der Waals surface area contributed by atoms with Gasteiger partial charge in [-0.1, -0.05) is 6.07 Å². The van der Waals surface area contributed by atoms with Crippen LogP contribution in [0, 0.1) is 0 Å². The molecule has 1 heterocycles. The standard InChI is InChI=1S/C12H17N3O/c1-15(2)8-7-10-12-9(13-14-10)5-4-6-11(12)16-3/h4-6H,7-8H2,1-3H3,(H,13,14). The van der Waals surface area contributed by atoms with Crippen LogP contribution >= 0.6 is 0 Å². The second-order valence-corrected chi connectivity index (χ2v) is 4.11. The number of hydrogen-bond donors (Lipinski definition) is 1. The number of likely N-dealkylation sites (N-methyl/N-ethyl adjacent to an activating group) is 1. The molecule has 0 radical (unpaired) electrons. The van der Waals surface area contributed by atoms with Crippen LogP contribution in [0.15, 0.2) is 18.2 Å². The zero-order valence-corrected chi connectivity index (χ0v) is 9.95. The molecule has 0 unspecified atom stereocenters. The van der Waals surface area contributed by atoms with E-state index in [4.69, 9.17) is 4.74 Å². The Labute approximate surface area is 95.2 Å². The molecule has 1 N–H and O–H groups in total. The predicted octanol–water partition coefficient (Wildman–Crippen LogP) is 1.68. The van der Waals surface area contributed by atoms with E-state index in [1.807, 2.05) is 18.2 Å². The molecule has 0 fully saturated rings. The van der Waals surface area contributed by atoms with E-state index < -0.39 is 0 Å². The number of H-pyrrole nitrogens is 1. The molecule has 0 saturated carbocycles. The SMILES string of the molecule is COc1cccc2n[nH]c(CCN(C)C)c12. The molecule has 0 aliphatic carbocycles. The first-order valence-electron chi connectivity index (χ1n) is 5.37. The average molecular weight is 219 g/mol. The minimum absolute atomic E-state index is 0.889. The highest BCUT2D eigenvalue weighted by Gasteiger charge is 2.10. The third-order valence-corrected chi connectivity index (χ3v) is 2.65. The summed E-state index contributed by atoms with van der Waals surface area (Å²) < 4.78 is 5.36. The maximum Gasteiger partial charge on any atom is 0.130 e. The fourth-order valence-corrected chi connectivity index (χ4v) is 1.79. The second-order valence-electron chi connectivity index (χ2n) is 4.11. The van der Waals surface area contributed by atoms with Crippen molar-refractivity contribution >= 4 is 10.9 Å². The number of nitrogens with one attached hydrogen (secondary N) is 1. The molecule has 0 spiro atoms. The summed E-state index contributed by atoms with van der Waals surface area (Å²) in [4.78, 5) is 2.15. The molecule has 1 aromatic carbocycles. The van der Waals surface area contributed by atoms with Crippen LogP contribution in [0.2, 0.25) is 0 Å². The van der Waals surface area contributed by atoms with Crippen LogP contribution in [0.25, 0.3) is 10.9 Å². The van der Waals surface area contributed by atoms with Crippen LogP contribution in [0.3, 0.4) is 0 Å². The van der Waals surface area contributed by atoms with Crippen LogP contribution in [-0.4, -0.2) is 42.8 Å². The fourth-order valence-electron chi connectivity index (χ4n) is 1.79. The molecule has 0 bridgehead atoms. The third kappa shape index (κ3) is 2.02. The van der Waals surface area contributed by atoms with Crippen molar-refractivity contribution in [3.8, 4) is 5.75 Å². The Kier molecular flexibility index (Phi) is 3.10. The molecular formula is C12H17N3O. The van der Waals surface area contributed by atoms with Gasteiger partial charge in [0.05, 0.1) is 18.0 Å². The first kappa shape index (κ1) is 11.0. The average Bonchev–Trinajstić information content (AvgIpc) is 2.69. The van der Waals surface area contributed by atoms with Gasteiger partial charge in [0, 0.05) is 18.7 Å². The van der Waals surface area contributed by atoms with Gasteiger partial charge < -0.3 is 9.64 Å². The largest absolute Gasteiger partial charge is 0.496 e. The lowest BCUT2D eigenvalue weighted by Crippen LogP contribution is -2.15. The highest BCUT2D eigenvalue weighted by Crippen LogP contribution is 2.27. The number of methoxy groups -OCH3 is 1. The fraction of sp³-hybridized carbons (Fsp3) is 0.417. The van der Waals surface area contributed by atoms with Gasteiger partial charge in [0.2, 0.25) is 0 Å². The van der Waals surface area contributed by atoms with Crippen LogP contribution in [0.1, 0.15) is 5.69 Å². The number of hydrogen-bond acceptors (Lipinski definition) is 3. The van der Waals surface area contributed by atoms with E-state index in [0.29, 0.717) is 0 Å². The van der Waals surface area contributed by atoms with Crippen molar-refractivity contribution in [2.45, 2.75) is 6.42 Å². The Morgan fingerprint density at radius 2 is 2.19 bits per heavy atom. The van der Waals surface area contributed by atoms with E-state index in [9.17, 15) is 0 Å². The van der Waals surface area contributed by atoms with Gasteiger partial charge in [-0.15, -0.1) is 0 Å². The summed E-state index contributed by atoms with van der Waals surface area (Å²) in [6, 6.07) is 5.92. The van der Waals surface area contributed by atoms with Crippen LogP contribution in [-0.2, 0) is 6.42 Å². The Hall–Kier alpha value is -1.55. The minimum Gasteiger partial charge on any atom is -0.496 e. The van der Waals surface area contributed by atoms with E-state index in [1.165, 1.54) is 0 Å². The number of fused-ring (bicyclic) bond motifs is 1. The van der Waals surface area contributed by atoms with E-state index in [-0.39, 0.29) is 0 Å². The molecule has 16 heavy (non-hydrogen) atoms. The van der Waals surface area contributed by atoms with Gasteiger partial charge in [-0.3, -0.25) is 5.10 Å². The summed E-state index contributed by atoms with van der Waals surface area (Å²) in [6.07, 6.45) is 0.948. The van der Waals surface area contributed by atoms with Crippen molar-refractivity contribution in [1.29, 1.82) is 0 Å². The molecule has 4 heteroatoms. The molecule has 0 atom stereocenters. The lowest BCUT2D eigenvalue weighted by atomic mass is 10.1. The van der Waals surface area contributed by atoms with Gasteiger partial charge in [0.15, 0.2) is 0 Å². The zero-order chi connectivity index (χ0) is 11.5. The van der Waals surface area contributed by atoms with Crippen molar-refractivity contribution in [2.75, 3.05) is 27.7 Å². The Morgan fingerprint density at radius 3 is 2.88 bits per heavy atom. The van der Waals surface area contributed by atoms with Gasteiger partial charge in [-0.05, 0) is 26.2 Å². The number of aromatic nitrogens is 2. The van der Waals surface area contributed by atoms with Crippen LogP contribution in [0.5, 0.6) is 5.75 Å². The number of ether oxygens (including phenoxy) is 1. The smallest absolute Gasteiger partial charge is 0.130 e. The van der Waals surface area contributed by atoms with Crippen LogP contribution in [0.4, 0.5) is 0 Å². The van der Waals surface area contributed by atoms with Crippen molar-refractivity contribution in [3.05, 3.63) is 23.9 Å². The summed E-state index contributed by atoms with van der Waals surface area (Å²) in [5.41, 5.74) is 2.11. The van der Waals surface area contributed by atoms with Gasteiger partial charge in [-0.2, -0.15) is 5.10 Å². The summed E-state index contributed by atoms with van der Waals surface area (Å²) in [7, 11) is 5.82. The van der Waals surface area contributed by atoms with Gasteiger partial charge in [0.1, 0.15) is 5.75 Å². The Balaban J connectivity index is 2.38. The van der Waals surface area contributed by atoms with Gasteiger partial charge in [-0.25, -0.2) is 0 Å². The number of rotatable bonds is 4. The molecule has 1 aromatic heterocycles. The topological polar surface area (TPSA) is 41.1 Å². The minimum atomic E-state index is 0.889. The normalized spacial score (nSPS) is 11.2. The second kappa shape index (κ2) is 4.53. The van der Waals surface area contributed by atoms with E-state index >= 15 is 0 Å². The molecule has 4 nitrogen and oxygen atoms in total.